The summed E-state index contributed by atoms with van der Waals surface area (Å²) in [7, 11) is 1.78. The minimum Gasteiger partial charge on any atom is -0.356 e. The van der Waals surface area contributed by atoms with Gasteiger partial charge < -0.3 is 16.0 Å². The first-order valence-electron chi connectivity index (χ1n) is 9.64. The summed E-state index contributed by atoms with van der Waals surface area (Å²) in [5.74, 6) is 0.743. The summed E-state index contributed by atoms with van der Waals surface area (Å²) in [6.45, 7) is 4.05. The molecular formula is C22H27BrN4O. The van der Waals surface area contributed by atoms with Gasteiger partial charge in [0.2, 0.25) is 0 Å². The molecule has 0 radical (unpaired) electrons. The van der Waals surface area contributed by atoms with Crippen molar-refractivity contribution in [2.75, 3.05) is 20.1 Å². The fourth-order valence-electron chi connectivity index (χ4n) is 3.28. The Balaban J connectivity index is 1.53. The fourth-order valence-corrected chi connectivity index (χ4v) is 3.98. The number of amides is 1. The average Bonchev–Trinajstić information content (AvgIpc) is 3.50. The van der Waals surface area contributed by atoms with Crippen LogP contribution >= 0.6 is 15.9 Å². The van der Waals surface area contributed by atoms with Gasteiger partial charge in [-0.1, -0.05) is 46.3 Å². The molecule has 2 aromatic carbocycles. The number of carbonyl (C=O) groups is 1. The summed E-state index contributed by atoms with van der Waals surface area (Å²) in [6, 6.07) is 16.1. The zero-order valence-corrected chi connectivity index (χ0v) is 18.0. The van der Waals surface area contributed by atoms with Crippen LogP contribution in [0.1, 0.15) is 41.3 Å². The quantitative estimate of drug-likeness (QED) is 0.453. The molecule has 0 bridgehead atoms. The van der Waals surface area contributed by atoms with E-state index in [9.17, 15) is 4.79 Å². The lowest BCUT2D eigenvalue weighted by atomic mass is 9.96. The molecule has 3 N–H and O–H groups in total. The van der Waals surface area contributed by atoms with Crippen molar-refractivity contribution in [1.29, 1.82) is 0 Å². The van der Waals surface area contributed by atoms with Crippen molar-refractivity contribution >= 4 is 27.8 Å². The number of rotatable bonds is 7. The highest BCUT2D eigenvalue weighted by atomic mass is 79.9. The van der Waals surface area contributed by atoms with Crippen LogP contribution in [0.15, 0.2) is 58.0 Å². The molecule has 0 spiro atoms. The van der Waals surface area contributed by atoms with Crippen molar-refractivity contribution < 1.29 is 4.79 Å². The number of aliphatic imine (C=N–C) groups is 1. The Morgan fingerprint density at radius 1 is 1.07 bits per heavy atom. The Morgan fingerprint density at radius 2 is 1.79 bits per heavy atom. The van der Waals surface area contributed by atoms with Gasteiger partial charge in [0.25, 0.3) is 5.91 Å². The minimum atomic E-state index is -0.0405. The molecule has 1 aliphatic carbocycles. The predicted octanol–water partition coefficient (Wildman–Crippen LogP) is 3.60. The van der Waals surface area contributed by atoms with E-state index in [1.807, 2.05) is 31.2 Å². The summed E-state index contributed by atoms with van der Waals surface area (Å²) in [4.78, 5) is 16.2. The van der Waals surface area contributed by atoms with Crippen LogP contribution in [0.25, 0.3) is 0 Å². The third kappa shape index (κ3) is 4.93. The number of hydrogen-bond donors (Lipinski definition) is 3. The topological polar surface area (TPSA) is 65.5 Å². The van der Waals surface area contributed by atoms with Crippen molar-refractivity contribution in [1.82, 2.24) is 16.0 Å². The number of benzene rings is 2. The molecular weight excluding hydrogens is 416 g/mol. The summed E-state index contributed by atoms with van der Waals surface area (Å²) in [5.41, 5.74) is 3.32. The standard InChI is InChI=1S/C22H27BrN4O/c1-3-25-20(28)17-10-8-16(9-11-17)14-26-21(24-2)27-15-22(12-13-22)18-6-4-5-7-19(18)23/h4-11H,3,12-15H2,1-2H3,(H,25,28)(H2,24,26,27). The van der Waals surface area contributed by atoms with Crippen LogP contribution in [-0.4, -0.2) is 32.0 Å². The van der Waals surface area contributed by atoms with Gasteiger partial charge in [0.15, 0.2) is 5.96 Å². The molecule has 0 aliphatic heterocycles. The number of carbonyl (C=O) groups excluding carboxylic acids is 1. The van der Waals surface area contributed by atoms with Gasteiger partial charge in [-0.25, -0.2) is 0 Å². The van der Waals surface area contributed by atoms with Gasteiger partial charge >= 0.3 is 0 Å². The Kier molecular flexibility index (Phi) is 6.73. The lowest BCUT2D eigenvalue weighted by molar-refractivity contribution is 0.0956. The third-order valence-electron chi connectivity index (χ3n) is 5.13. The highest BCUT2D eigenvalue weighted by Crippen LogP contribution is 2.49. The average molecular weight is 443 g/mol. The molecule has 0 heterocycles. The minimum absolute atomic E-state index is 0.0405. The molecule has 0 atom stereocenters. The molecule has 2 aromatic rings. The number of nitrogens with zero attached hydrogens (tertiary/aromatic N) is 1. The van der Waals surface area contributed by atoms with Gasteiger partial charge in [0.1, 0.15) is 0 Å². The lowest BCUT2D eigenvalue weighted by Gasteiger charge is -2.20. The summed E-state index contributed by atoms with van der Waals surface area (Å²) in [6.07, 6.45) is 2.36. The molecule has 1 amide bonds. The van der Waals surface area contributed by atoms with Crippen molar-refractivity contribution in [3.63, 3.8) is 0 Å². The van der Waals surface area contributed by atoms with Crippen molar-refractivity contribution in [2.24, 2.45) is 4.99 Å². The second-order valence-corrected chi connectivity index (χ2v) is 7.95. The second kappa shape index (κ2) is 9.24. The maximum absolute atomic E-state index is 11.8. The van der Waals surface area contributed by atoms with Gasteiger partial charge in [-0.15, -0.1) is 0 Å². The third-order valence-corrected chi connectivity index (χ3v) is 5.82. The molecule has 0 saturated heterocycles. The molecule has 28 heavy (non-hydrogen) atoms. The molecule has 3 rings (SSSR count). The predicted molar refractivity (Wildman–Crippen MR) is 118 cm³/mol. The number of guanidine groups is 1. The van der Waals surface area contributed by atoms with Crippen LogP contribution < -0.4 is 16.0 Å². The number of halogens is 1. The smallest absolute Gasteiger partial charge is 0.251 e. The van der Waals surface area contributed by atoms with E-state index in [1.165, 1.54) is 22.9 Å². The molecule has 1 saturated carbocycles. The highest BCUT2D eigenvalue weighted by molar-refractivity contribution is 9.10. The molecule has 0 unspecified atom stereocenters. The zero-order chi connectivity index (χ0) is 20.0. The Hall–Kier alpha value is -2.34. The van der Waals surface area contributed by atoms with Crippen LogP contribution in [-0.2, 0) is 12.0 Å². The van der Waals surface area contributed by atoms with E-state index in [2.05, 4.69) is 61.1 Å². The molecule has 5 nitrogen and oxygen atoms in total. The molecule has 1 fully saturated rings. The molecule has 148 valence electrons. The van der Waals surface area contributed by atoms with Gasteiger partial charge in [0.05, 0.1) is 0 Å². The Morgan fingerprint density at radius 3 is 2.39 bits per heavy atom. The van der Waals surface area contributed by atoms with E-state index < -0.39 is 0 Å². The van der Waals surface area contributed by atoms with E-state index in [-0.39, 0.29) is 11.3 Å². The Labute approximate surface area is 175 Å². The normalized spacial score (nSPS) is 15.0. The van der Waals surface area contributed by atoms with E-state index in [4.69, 9.17) is 0 Å². The molecule has 0 aromatic heterocycles. The first-order chi connectivity index (χ1) is 13.6. The monoisotopic (exact) mass is 442 g/mol. The van der Waals surface area contributed by atoms with Gasteiger partial charge in [0, 0.05) is 42.1 Å². The summed E-state index contributed by atoms with van der Waals surface area (Å²) in [5, 5.41) is 9.63. The van der Waals surface area contributed by atoms with Gasteiger partial charge in [-0.2, -0.15) is 0 Å². The maximum atomic E-state index is 11.8. The fraction of sp³-hybridized carbons (Fsp3) is 0.364. The largest absolute Gasteiger partial charge is 0.356 e. The maximum Gasteiger partial charge on any atom is 0.251 e. The van der Waals surface area contributed by atoms with E-state index in [0.717, 1.165) is 18.1 Å². The molecule has 1 aliphatic rings. The SMILES string of the molecule is CCNC(=O)c1ccc(CNC(=NC)NCC2(c3ccccc3Br)CC2)cc1. The number of nitrogens with one attached hydrogen (secondary N) is 3. The van der Waals surface area contributed by atoms with E-state index in [0.29, 0.717) is 18.7 Å². The summed E-state index contributed by atoms with van der Waals surface area (Å²) >= 11 is 3.68. The van der Waals surface area contributed by atoms with Crippen molar-refractivity contribution in [3.05, 3.63) is 69.7 Å². The van der Waals surface area contributed by atoms with Crippen LogP contribution in [0.4, 0.5) is 0 Å². The zero-order valence-electron chi connectivity index (χ0n) is 16.4. The van der Waals surface area contributed by atoms with E-state index in [1.54, 1.807) is 7.05 Å². The highest BCUT2D eigenvalue weighted by Gasteiger charge is 2.45. The first-order valence-corrected chi connectivity index (χ1v) is 10.4. The number of hydrogen-bond acceptors (Lipinski definition) is 2. The summed E-state index contributed by atoms with van der Waals surface area (Å²) < 4.78 is 1.17. The second-order valence-electron chi connectivity index (χ2n) is 7.10. The van der Waals surface area contributed by atoms with Crippen molar-refractivity contribution in [2.45, 2.75) is 31.7 Å². The van der Waals surface area contributed by atoms with Crippen LogP contribution in [0.2, 0.25) is 0 Å². The van der Waals surface area contributed by atoms with Gasteiger partial charge in [-0.3, -0.25) is 9.79 Å². The van der Waals surface area contributed by atoms with E-state index >= 15 is 0 Å². The van der Waals surface area contributed by atoms with Crippen LogP contribution in [0, 0.1) is 0 Å². The van der Waals surface area contributed by atoms with Crippen molar-refractivity contribution in [3.8, 4) is 0 Å². The van der Waals surface area contributed by atoms with Crippen LogP contribution in [0.3, 0.4) is 0 Å². The lowest BCUT2D eigenvalue weighted by Crippen LogP contribution is -2.41. The first kappa shape index (κ1) is 20.4. The Bertz CT molecular complexity index is 844. The van der Waals surface area contributed by atoms with Gasteiger partial charge in [-0.05, 0) is 49.1 Å². The molecule has 6 heteroatoms. The van der Waals surface area contributed by atoms with Crippen LogP contribution in [0.5, 0.6) is 0 Å².